The minimum atomic E-state index is 0.857. The predicted molar refractivity (Wildman–Crippen MR) is 228 cm³/mol. The van der Waals surface area contributed by atoms with Crippen molar-refractivity contribution in [2.24, 2.45) is 0 Å². The Morgan fingerprint density at radius 1 is 0.538 bits per heavy atom. The summed E-state index contributed by atoms with van der Waals surface area (Å²) in [6, 6.07) is 52.6. The third-order valence-electron chi connectivity index (χ3n) is 9.86. The normalized spacial score (nSPS) is 12.2. The van der Waals surface area contributed by atoms with Crippen LogP contribution in [0.3, 0.4) is 0 Å². The molecule has 0 amide bonds. The van der Waals surface area contributed by atoms with Gasteiger partial charge < -0.3 is 9.32 Å². The molecule has 10 rings (SSSR count). The molecule has 0 aliphatic heterocycles. The van der Waals surface area contributed by atoms with E-state index in [-0.39, 0.29) is 0 Å². The lowest BCUT2D eigenvalue weighted by molar-refractivity contribution is 0.669. The van der Waals surface area contributed by atoms with Gasteiger partial charge in [0.25, 0.3) is 0 Å². The first-order chi connectivity index (χ1) is 25.8. The molecule has 0 unspecified atom stereocenters. The lowest BCUT2D eigenvalue weighted by Gasteiger charge is -2.29. The van der Waals surface area contributed by atoms with Crippen molar-refractivity contribution in [3.63, 3.8) is 0 Å². The monoisotopic (exact) mass is 701 g/mol. The van der Waals surface area contributed by atoms with Crippen LogP contribution in [0.5, 0.6) is 0 Å². The van der Waals surface area contributed by atoms with Crippen molar-refractivity contribution in [1.29, 1.82) is 0 Å². The van der Waals surface area contributed by atoms with Crippen LogP contribution in [0.2, 0.25) is 0 Å². The Kier molecular flexibility index (Phi) is 7.38. The molecule has 52 heavy (non-hydrogen) atoms. The number of allylic oxidation sites excluding steroid dienone is 4. The first-order valence-corrected chi connectivity index (χ1v) is 19.0. The van der Waals surface area contributed by atoms with Gasteiger partial charge in [0, 0.05) is 51.4 Å². The summed E-state index contributed by atoms with van der Waals surface area (Å²) in [6.07, 6.45) is 10.1. The summed E-state index contributed by atoms with van der Waals surface area (Å²) < 4.78 is 11.7. The molecule has 0 bridgehead atoms. The Bertz CT molecular complexity index is 3050. The number of nitrogens with zero attached hydrogens (tertiary/aromatic N) is 1. The summed E-state index contributed by atoms with van der Waals surface area (Å²) in [5.41, 5.74) is 8.57. The van der Waals surface area contributed by atoms with Crippen LogP contribution in [-0.2, 0) is 0 Å². The van der Waals surface area contributed by atoms with Gasteiger partial charge >= 0.3 is 0 Å². The molecule has 7 aromatic carbocycles. The molecule has 0 atom stereocenters. The third-order valence-corrected chi connectivity index (χ3v) is 12.2. The lowest BCUT2D eigenvalue weighted by Crippen LogP contribution is -2.12. The zero-order valence-corrected chi connectivity index (χ0v) is 29.8. The summed E-state index contributed by atoms with van der Waals surface area (Å²) in [5.74, 6) is 0. The quantitative estimate of drug-likeness (QED) is 0.154. The van der Waals surface area contributed by atoms with Crippen LogP contribution in [0.25, 0.3) is 79.5 Å². The molecule has 0 fully saturated rings. The van der Waals surface area contributed by atoms with Gasteiger partial charge in [0.1, 0.15) is 11.2 Å². The van der Waals surface area contributed by atoms with E-state index in [1.165, 1.54) is 51.5 Å². The van der Waals surface area contributed by atoms with Crippen LogP contribution in [0.4, 0.5) is 17.1 Å². The number of benzene rings is 7. The fourth-order valence-electron chi connectivity index (χ4n) is 7.58. The van der Waals surface area contributed by atoms with E-state index in [4.69, 9.17) is 4.42 Å². The fraction of sp³-hybridized carbons (Fsp3) is 0. The lowest BCUT2D eigenvalue weighted by atomic mass is 9.98. The van der Waals surface area contributed by atoms with E-state index in [0.717, 1.165) is 44.6 Å². The smallest absolute Gasteiger partial charge is 0.137 e. The van der Waals surface area contributed by atoms with Gasteiger partial charge in [-0.1, -0.05) is 134 Å². The van der Waals surface area contributed by atoms with Crippen LogP contribution >= 0.6 is 22.7 Å². The molecule has 0 spiro atoms. The standard InChI is InChI=1S/C48H31NOS2/c1-2-3-4-6-17-32-24-29-41-46(37-19-9-12-21-40(37)50-41)47(32)49(33-25-26-36-35-18-10-13-22-42(35)51-44(36)30-33)39-28-27-34(31-15-7-5-8-16-31)48-45(39)38-20-11-14-23-43(38)52-48/h2-30H,1H2/b4-3-,17-6+. The largest absolute Gasteiger partial charge is 0.456 e. The van der Waals surface area contributed by atoms with Gasteiger partial charge in [-0.25, -0.2) is 0 Å². The van der Waals surface area contributed by atoms with Crippen molar-refractivity contribution in [3.8, 4) is 11.1 Å². The van der Waals surface area contributed by atoms with E-state index in [2.05, 4.69) is 163 Å². The Balaban J connectivity index is 1.36. The number of rotatable bonds is 7. The Morgan fingerprint density at radius 2 is 1.27 bits per heavy atom. The minimum absolute atomic E-state index is 0.857. The Labute approximate surface area is 309 Å². The van der Waals surface area contributed by atoms with Gasteiger partial charge in [0.2, 0.25) is 0 Å². The maximum Gasteiger partial charge on any atom is 0.137 e. The Morgan fingerprint density at radius 3 is 2.12 bits per heavy atom. The summed E-state index contributed by atoms with van der Waals surface area (Å²) in [7, 11) is 0. The number of para-hydroxylation sites is 1. The van der Waals surface area contributed by atoms with E-state index in [1.54, 1.807) is 6.08 Å². The van der Waals surface area contributed by atoms with Crippen molar-refractivity contribution < 1.29 is 4.42 Å². The highest BCUT2D eigenvalue weighted by molar-refractivity contribution is 7.26. The number of thiophene rings is 2. The predicted octanol–water partition coefficient (Wildman–Crippen LogP) is 15.2. The first-order valence-electron chi connectivity index (χ1n) is 17.4. The maximum atomic E-state index is 6.57. The van der Waals surface area contributed by atoms with Crippen molar-refractivity contribution >= 4 is 108 Å². The van der Waals surface area contributed by atoms with E-state index in [1.807, 2.05) is 40.9 Å². The Hall–Kier alpha value is -6.20. The van der Waals surface area contributed by atoms with Crippen LogP contribution < -0.4 is 4.90 Å². The first kappa shape index (κ1) is 30.6. The van der Waals surface area contributed by atoms with Crippen molar-refractivity contribution in [2.75, 3.05) is 4.90 Å². The number of fused-ring (bicyclic) bond motifs is 9. The van der Waals surface area contributed by atoms with Crippen LogP contribution in [-0.4, -0.2) is 0 Å². The van der Waals surface area contributed by atoms with Gasteiger partial charge in [-0.15, -0.1) is 22.7 Å². The molecule has 0 saturated carbocycles. The van der Waals surface area contributed by atoms with Crippen molar-refractivity contribution in [1.82, 2.24) is 0 Å². The molecule has 0 radical (unpaired) electrons. The van der Waals surface area contributed by atoms with Crippen molar-refractivity contribution in [3.05, 3.63) is 182 Å². The van der Waals surface area contributed by atoms with E-state index < -0.39 is 0 Å². The average molecular weight is 702 g/mol. The highest BCUT2D eigenvalue weighted by Gasteiger charge is 2.26. The average Bonchev–Trinajstić information content (AvgIpc) is 3.89. The van der Waals surface area contributed by atoms with E-state index >= 15 is 0 Å². The van der Waals surface area contributed by atoms with E-state index in [0.29, 0.717) is 0 Å². The van der Waals surface area contributed by atoms with Crippen molar-refractivity contribution in [2.45, 2.75) is 0 Å². The summed E-state index contributed by atoms with van der Waals surface area (Å²) in [5, 5.41) is 7.23. The third kappa shape index (κ3) is 4.91. The SMILES string of the molecule is C=C/C=C\C=C\c1ccc2oc3ccccc3c2c1N(c1ccc2c(c1)sc1ccccc12)c1ccc(-c2ccccc2)c2sc3ccccc3c12. The molecule has 246 valence electrons. The van der Waals surface area contributed by atoms with Gasteiger partial charge in [-0.3, -0.25) is 0 Å². The summed E-state index contributed by atoms with van der Waals surface area (Å²) >= 11 is 3.71. The molecule has 4 heteroatoms. The molecule has 0 aliphatic rings. The molecule has 3 aromatic heterocycles. The molecular formula is C48H31NOS2. The second-order valence-corrected chi connectivity index (χ2v) is 15.0. The minimum Gasteiger partial charge on any atom is -0.456 e. The maximum absolute atomic E-state index is 6.57. The van der Waals surface area contributed by atoms with Crippen LogP contribution in [0.15, 0.2) is 181 Å². The van der Waals surface area contributed by atoms with Gasteiger partial charge in [0.05, 0.1) is 16.8 Å². The molecule has 0 N–H and O–H groups in total. The highest BCUT2D eigenvalue weighted by Crippen LogP contribution is 2.52. The molecule has 0 aliphatic carbocycles. The zero-order chi connectivity index (χ0) is 34.6. The topological polar surface area (TPSA) is 16.4 Å². The van der Waals surface area contributed by atoms with Crippen LogP contribution in [0.1, 0.15) is 5.56 Å². The second kappa shape index (κ2) is 12.5. The molecule has 0 saturated heterocycles. The zero-order valence-electron chi connectivity index (χ0n) is 28.1. The van der Waals surface area contributed by atoms with Gasteiger partial charge in [0.15, 0.2) is 0 Å². The molecule has 3 heterocycles. The van der Waals surface area contributed by atoms with Gasteiger partial charge in [-0.05, 0) is 65.2 Å². The number of furan rings is 1. The highest BCUT2D eigenvalue weighted by atomic mass is 32.1. The summed E-state index contributed by atoms with van der Waals surface area (Å²) in [6.45, 7) is 3.88. The summed E-state index contributed by atoms with van der Waals surface area (Å²) in [4.78, 5) is 2.49. The van der Waals surface area contributed by atoms with Crippen LogP contribution in [0, 0.1) is 0 Å². The molecule has 10 aromatic rings. The fourth-order valence-corrected chi connectivity index (χ4v) is 9.97. The number of hydrogen-bond acceptors (Lipinski definition) is 4. The number of hydrogen-bond donors (Lipinski definition) is 0. The van der Waals surface area contributed by atoms with Gasteiger partial charge in [-0.2, -0.15) is 0 Å². The van der Waals surface area contributed by atoms with E-state index in [9.17, 15) is 0 Å². The molecular weight excluding hydrogens is 671 g/mol. The number of anilines is 3. The molecule has 2 nitrogen and oxygen atoms in total. The second-order valence-electron chi connectivity index (χ2n) is 12.9.